The fourth-order valence-electron chi connectivity index (χ4n) is 2.78. The molecule has 2 aromatic heterocycles. The Bertz CT molecular complexity index is 656. The fourth-order valence-corrected chi connectivity index (χ4v) is 3.54. The summed E-state index contributed by atoms with van der Waals surface area (Å²) in [5.74, 6) is 1.70. The molecule has 0 aliphatic carbocycles. The van der Waals surface area contributed by atoms with Crippen LogP contribution in [-0.4, -0.2) is 43.1 Å². The number of amides is 1. The summed E-state index contributed by atoms with van der Waals surface area (Å²) in [7, 11) is 3.52. The first-order valence-electron chi connectivity index (χ1n) is 7.12. The van der Waals surface area contributed by atoms with Crippen molar-refractivity contribution in [3.8, 4) is 0 Å². The van der Waals surface area contributed by atoms with E-state index in [1.54, 1.807) is 18.4 Å². The number of carbonyl (C=O) groups is 1. The Morgan fingerprint density at radius 1 is 1.43 bits per heavy atom. The molecule has 0 saturated carbocycles. The Hall–Kier alpha value is -1.89. The van der Waals surface area contributed by atoms with E-state index in [1.165, 1.54) is 0 Å². The molecule has 7 heteroatoms. The van der Waals surface area contributed by atoms with Crippen LogP contribution in [0.15, 0.2) is 11.4 Å². The lowest BCUT2D eigenvalue weighted by Gasteiger charge is -2.33. The van der Waals surface area contributed by atoms with E-state index in [-0.39, 0.29) is 11.8 Å². The Morgan fingerprint density at radius 2 is 2.29 bits per heavy atom. The van der Waals surface area contributed by atoms with Crippen LogP contribution in [0.5, 0.6) is 0 Å². The minimum Gasteiger partial charge on any atom is -0.359 e. The molecule has 3 rings (SSSR count). The Kier molecular flexibility index (Phi) is 3.92. The second kappa shape index (κ2) is 5.85. The van der Waals surface area contributed by atoms with Crippen molar-refractivity contribution in [1.29, 1.82) is 0 Å². The van der Waals surface area contributed by atoms with Crippen molar-refractivity contribution in [2.45, 2.75) is 12.8 Å². The second-order valence-electron chi connectivity index (χ2n) is 5.16. The van der Waals surface area contributed by atoms with E-state index in [0.717, 1.165) is 35.4 Å². The summed E-state index contributed by atoms with van der Waals surface area (Å²) < 4.78 is 0. The molecule has 2 aromatic rings. The van der Waals surface area contributed by atoms with Gasteiger partial charge in [0.25, 0.3) is 0 Å². The van der Waals surface area contributed by atoms with Crippen LogP contribution >= 0.6 is 11.3 Å². The van der Waals surface area contributed by atoms with E-state index in [2.05, 4.69) is 31.6 Å². The Morgan fingerprint density at radius 3 is 3.05 bits per heavy atom. The lowest BCUT2D eigenvalue weighted by Crippen LogP contribution is -2.42. The van der Waals surface area contributed by atoms with E-state index in [1.807, 2.05) is 12.4 Å². The second-order valence-corrected chi connectivity index (χ2v) is 6.05. The lowest BCUT2D eigenvalue weighted by molar-refractivity contribution is -0.124. The maximum Gasteiger partial charge on any atom is 0.225 e. The van der Waals surface area contributed by atoms with Crippen molar-refractivity contribution in [2.24, 2.45) is 5.92 Å². The molecule has 1 saturated heterocycles. The van der Waals surface area contributed by atoms with E-state index < -0.39 is 0 Å². The molecule has 0 radical (unpaired) electrons. The maximum atomic E-state index is 11.9. The quantitative estimate of drug-likeness (QED) is 0.903. The molecule has 6 nitrogen and oxygen atoms in total. The number of rotatable bonds is 3. The lowest BCUT2D eigenvalue weighted by atomic mass is 9.97. The summed E-state index contributed by atoms with van der Waals surface area (Å²) in [5.41, 5.74) is 0. The number of hydrogen-bond donors (Lipinski definition) is 2. The van der Waals surface area contributed by atoms with Crippen LogP contribution in [-0.2, 0) is 4.79 Å². The van der Waals surface area contributed by atoms with Gasteiger partial charge in [0.1, 0.15) is 10.6 Å². The molecule has 1 unspecified atom stereocenters. The highest BCUT2D eigenvalue weighted by atomic mass is 32.1. The molecule has 3 heterocycles. The van der Waals surface area contributed by atoms with Crippen LogP contribution in [0.4, 0.5) is 11.8 Å². The third-order valence-electron chi connectivity index (χ3n) is 3.87. The highest BCUT2D eigenvalue weighted by molar-refractivity contribution is 7.16. The van der Waals surface area contributed by atoms with Gasteiger partial charge in [-0.2, -0.15) is 4.98 Å². The number of fused-ring (bicyclic) bond motifs is 1. The van der Waals surface area contributed by atoms with E-state index in [0.29, 0.717) is 12.5 Å². The minimum atomic E-state index is 0.0328. The number of aromatic nitrogens is 2. The van der Waals surface area contributed by atoms with Crippen LogP contribution in [0, 0.1) is 5.92 Å². The first kappa shape index (κ1) is 14.1. The SMILES string of the molecule is CNC(=O)C1CCCN(c2nc(NC)nc3sccc23)C1. The zero-order valence-corrected chi connectivity index (χ0v) is 13.0. The van der Waals surface area contributed by atoms with Crippen molar-refractivity contribution in [2.75, 3.05) is 37.4 Å². The largest absolute Gasteiger partial charge is 0.359 e. The van der Waals surface area contributed by atoms with Crippen LogP contribution in [0.25, 0.3) is 10.2 Å². The van der Waals surface area contributed by atoms with Crippen molar-refractivity contribution >= 4 is 39.2 Å². The monoisotopic (exact) mass is 305 g/mol. The Balaban J connectivity index is 1.95. The summed E-state index contributed by atoms with van der Waals surface area (Å²) in [6.07, 6.45) is 1.94. The van der Waals surface area contributed by atoms with Crippen molar-refractivity contribution < 1.29 is 4.79 Å². The zero-order chi connectivity index (χ0) is 14.8. The third-order valence-corrected chi connectivity index (χ3v) is 4.67. The molecule has 112 valence electrons. The van der Waals surface area contributed by atoms with Gasteiger partial charge in [-0.15, -0.1) is 11.3 Å². The van der Waals surface area contributed by atoms with Gasteiger partial charge in [-0.1, -0.05) is 0 Å². The molecule has 2 N–H and O–H groups in total. The smallest absolute Gasteiger partial charge is 0.225 e. The number of hydrogen-bond acceptors (Lipinski definition) is 6. The van der Waals surface area contributed by atoms with E-state index in [9.17, 15) is 4.79 Å². The fraction of sp³-hybridized carbons (Fsp3) is 0.500. The molecule has 1 atom stereocenters. The van der Waals surface area contributed by atoms with Crippen LogP contribution in [0.1, 0.15) is 12.8 Å². The number of nitrogens with one attached hydrogen (secondary N) is 2. The number of thiophene rings is 1. The van der Waals surface area contributed by atoms with Crippen molar-refractivity contribution in [1.82, 2.24) is 15.3 Å². The normalized spacial score (nSPS) is 18.8. The van der Waals surface area contributed by atoms with E-state index >= 15 is 0 Å². The predicted molar refractivity (Wildman–Crippen MR) is 86.0 cm³/mol. The molecule has 1 amide bonds. The summed E-state index contributed by atoms with van der Waals surface area (Å²) in [4.78, 5) is 24.2. The van der Waals surface area contributed by atoms with Gasteiger partial charge in [-0.25, -0.2) is 4.98 Å². The van der Waals surface area contributed by atoms with Gasteiger partial charge < -0.3 is 15.5 Å². The predicted octanol–water partition coefficient (Wildman–Crippen LogP) is 1.70. The Labute approximate surface area is 127 Å². The number of anilines is 2. The van der Waals surface area contributed by atoms with Gasteiger partial charge >= 0.3 is 0 Å². The van der Waals surface area contributed by atoms with Crippen LogP contribution < -0.4 is 15.5 Å². The highest BCUT2D eigenvalue weighted by Crippen LogP contribution is 2.31. The molecular weight excluding hydrogens is 286 g/mol. The van der Waals surface area contributed by atoms with Gasteiger partial charge in [0.05, 0.1) is 11.3 Å². The average molecular weight is 305 g/mol. The zero-order valence-electron chi connectivity index (χ0n) is 12.2. The van der Waals surface area contributed by atoms with E-state index in [4.69, 9.17) is 0 Å². The summed E-state index contributed by atoms with van der Waals surface area (Å²) >= 11 is 1.61. The summed E-state index contributed by atoms with van der Waals surface area (Å²) in [5, 5.41) is 8.86. The molecule has 1 aliphatic heterocycles. The summed E-state index contributed by atoms with van der Waals surface area (Å²) in [6, 6.07) is 2.05. The van der Waals surface area contributed by atoms with Gasteiger partial charge in [0.15, 0.2) is 0 Å². The molecule has 1 fully saturated rings. The maximum absolute atomic E-state index is 11.9. The van der Waals surface area contributed by atoms with Crippen molar-refractivity contribution in [3.05, 3.63) is 11.4 Å². The molecular formula is C14H19N5OS. The topological polar surface area (TPSA) is 70.2 Å². The average Bonchev–Trinajstić information content (AvgIpc) is 3.01. The molecule has 0 spiro atoms. The minimum absolute atomic E-state index is 0.0328. The van der Waals surface area contributed by atoms with Crippen molar-refractivity contribution in [3.63, 3.8) is 0 Å². The van der Waals surface area contributed by atoms with Gasteiger partial charge in [0, 0.05) is 27.2 Å². The standard InChI is InChI=1S/C14H19N5OS/c1-15-12(20)9-4-3-6-19(8-9)11-10-5-7-21-13(10)18-14(16-2)17-11/h5,7,9H,3-4,6,8H2,1-2H3,(H,15,20)(H,16,17,18). The number of piperidine rings is 1. The van der Waals surface area contributed by atoms with Gasteiger partial charge in [-0.3, -0.25) is 4.79 Å². The third kappa shape index (κ3) is 2.65. The number of nitrogens with zero attached hydrogens (tertiary/aromatic N) is 3. The molecule has 21 heavy (non-hydrogen) atoms. The van der Waals surface area contributed by atoms with Crippen LogP contribution in [0.3, 0.4) is 0 Å². The molecule has 0 aromatic carbocycles. The number of carbonyl (C=O) groups excluding carboxylic acids is 1. The van der Waals surface area contributed by atoms with Gasteiger partial charge in [-0.05, 0) is 24.3 Å². The first-order valence-corrected chi connectivity index (χ1v) is 8.00. The first-order chi connectivity index (χ1) is 10.2. The molecule has 0 bridgehead atoms. The highest BCUT2D eigenvalue weighted by Gasteiger charge is 2.27. The van der Waals surface area contributed by atoms with Gasteiger partial charge in [0.2, 0.25) is 11.9 Å². The van der Waals surface area contributed by atoms with Crippen LogP contribution in [0.2, 0.25) is 0 Å². The molecule has 1 aliphatic rings. The summed E-state index contributed by atoms with van der Waals surface area (Å²) in [6.45, 7) is 1.64.